The van der Waals surface area contributed by atoms with Gasteiger partial charge in [-0.05, 0) is 36.3 Å². The molecular formula is C19H40O4Si2. The molecule has 0 aromatic carbocycles. The maximum atomic E-state index is 12.2. The minimum Gasteiger partial charge on any atom is -0.459 e. The van der Waals surface area contributed by atoms with E-state index in [2.05, 4.69) is 74.7 Å². The lowest BCUT2D eigenvalue weighted by Crippen LogP contribution is -2.52. The molecule has 148 valence electrons. The Hall–Kier alpha value is -0.176. The number of carbonyl (C=O) groups excluding carboxylic acids is 1. The molecule has 25 heavy (non-hydrogen) atoms. The number of ether oxygens (including phenoxy) is 1. The van der Waals surface area contributed by atoms with Gasteiger partial charge < -0.3 is 13.6 Å². The molecule has 0 aromatic rings. The van der Waals surface area contributed by atoms with E-state index in [9.17, 15) is 4.79 Å². The molecule has 0 aliphatic carbocycles. The van der Waals surface area contributed by atoms with Crippen LogP contribution in [0.4, 0.5) is 0 Å². The lowest BCUT2D eigenvalue weighted by molar-refractivity contribution is -0.169. The summed E-state index contributed by atoms with van der Waals surface area (Å²) in [7, 11) is -3.79. The van der Waals surface area contributed by atoms with E-state index in [0.717, 1.165) is 0 Å². The summed E-state index contributed by atoms with van der Waals surface area (Å²) < 4.78 is 18.5. The predicted octanol–water partition coefficient (Wildman–Crippen LogP) is 5.35. The van der Waals surface area contributed by atoms with Gasteiger partial charge >= 0.3 is 5.97 Å². The van der Waals surface area contributed by atoms with Crippen molar-refractivity contribution in [2.75, 3.05) is 6.61 Å². The highest BCUT2D eigenvalue weighted by Gasteiger charge is 2.45. The Kier molecular flexibility index (Phi) is 6.81. The SMILES string of the molecule is C[C@H]1[C@H](CO[Si](C)(C)C(C)(C)C)OC(=O)C[C@H]1O[Si](C)(C)C(C)(C)C. The zero-order valence-electron chi connectivity index (χ0n) is 18.3. The summed E-state index contributed by atoms with van der Waals surface area (Å²) in [5.74, 6) is -0.0118. The van der Waals surface area contributed by atoms with Gasteiger partial charge in [-0.2, -0.15) is 0 Å². The summed E-state index contributed by atoms with van der Waals surface area (Å²) in [5, 5.41) is 0.271. The zero-order valence-corrected chi connectivity index (χ0v) is 20.3. The van der Waals surface area contributed by atoms with Crippen molar-refractivity contribution in [2.24, 2.45) is 5.92 Å². The van der Waals surface area contributed by atoms with Gasteiger partial charge in [-0.3, -0.25) is 4.79 Å². The topological polar surface area (TPSA) is 44.8 Å². The molecule has 1 fully saturated rings. The second kappa shape index (κ2) is 7.45. The first-order chi connectivity index (χ1) is 11.0. The van der Waals surface area contributed by atoms with Crippen LogP contribution in [0.2, 0.25) is 36.3 Å². The molecule has 1 aliphatic rings. The van der Waals surface area contributed by atoms with Crippen molar-refractivity contribution < 1.29 is 18.4 Å². The summed E-state index contributed by atoms with van der Waals surface area (Å²) >= 11 is 0. The molecule has 0 aromatic heterocycles. The molecule has 0 spiro atoms. The minimum absolute atomic E-state index is 0.0739. The maximum absolute atomic E-state index is 12.2. The highest BCUT2D eigenvalue weighted by atomic mass is 28.4. The third-order valence-electron chi connectivity index (χ3n) is 6.49. The normalized spacial score (nSPS) is 26.5. The smallest absolute Gasteiger partial charge is 0.308 e. The summed E-state index contributed by atoms with van der Waals surface area (Å²) in [6.45, 7) is 24.9. The van der Waals surface area contributed by atoms with Crippen molar-refractivity contribution in [3.63, 3.8) is 0 Å². The molecule has 3 atom stereocenters. The van der Waals surface area contributed by atoms with Crippen molar-refractivity contribution in [1.82, 2.24) is 0 Å². The van der Waals surface area contributed by atoms with Gasteiger partial charge in [0.25, 0.3) is 0 Å². The van der Waals surface area contributed by atoms with Crippen LogP contribution in [0.3, 0.4) is 0 Å². The number of esters is 1. The maximum Gasteiger partial charge on any atom is 0.308 e. The number of hydrogen-bond donors (Lipinski definition) is 0. The van der Waals surface area contributed by atoms with E-state index < -0.39 is 16.6 Å². The average Bonchev–Trinajstić information content (AvgIpc) is 2.38. The molecular weight excluding hydrogens is 348 g/mol. The number of hydrogen-bond acceptors (Lipinski definition) is 4. The Morgan fingerprint density at radius 1 is 1.00 bits per heavy atom. The van der Waals surface area contributed by atoms with Crippen LogP contribution in [0, 0.1) is 5.92 Å². The Bertz CT molecular complexity index is 475. The monoisotopic (exact) mass is 388 g/mol. The van der Waals surface area contributed by atoms with Gasteiger partial charge in [0.1, 0.15) is 6.10 Å². The van der Waals surface area contributed by atoms with E-state index in [-0.39, 0.29) is 34.2 Å². The summed E-state index contributed by atoms with van der Waals surface area (Å²) in [4.78, 5) is 12.2. The third kappa shape index (κ3) is 5.65. The summed E-state index contributed by atoms with van der Waals surface area (Å²) in [5.41, 5.74) is 0. The van der Waals surface area contributed by atoms with Crippen molar-refractivity contribution in [1.29, 1.82) is 0 Å². The van der Waals surface area contributed by atoms with Crippen LogP contribution in [0.25, 0.3) is 0 Å². The fourth-order valence-corrected chi connectivity index (χ4v) is 4.73. The Balaban J connectivity index is 2.83. The van der Waals surface area contributed by atoms with Gasteiger partial charge in [-0.15, -0.1) is 0 Å². The third-order valence-corrected chi connectivity index (χ3v) is 15.5. The van der Waals surface area contributed by atoms with Crippen LogP contribution in [0.5, 0.6) is 0 Å². The lowest BCUT2D eigenvalue weighted by atomic mass is 9.93. The predicted molar refractivity (Wildman–Crippen MR) is 109 cm³/mol. The fraction of sp³-hybridized carbons (Fsp3) is 0.947. The fourth-order valence-electron chi connectivity index (χ4n) is 2.31. The Morgan fingerprint density at radius 3 is 1.92 bits per heavy atom. The van der Waals surface area contributed by atoms with Gasteiger partial charge in [0, 0.05) is 5.92 Å². The molecule has 1 heterocycles. The van der Waals surface area contributed by atoms with E-state index in [1.54, 1.807) is 0 Å². The van der Waals surface area contributed by atoms with Crippen LogP contribution in [0.15, 0.2) is 0 Å². The number of carbonyl (C=O) groups is 1. The van der Waals surface area contributed by atoms with Crippen LogP contribution in [-0.4, -0.2) is 41.4 Å². The molecule has 0 unspecified atom stereocenters. The van der Waals surface area contributed by atoms with E-state index in [1.807, 2.05) is 0 Å². The molecule has 0 radical (unpaired) electrons. The number of rotatable bonds is 5. The van der Waals surface area contributed by atoms with Gasteiger partial charge in [0.2, 0.25) is 0 Å². The summed E-state index contributed by atoms with van der Waals surface area (Å²) in [6, 6.07) is 0. The molecule has 0 bridgehead atoms. The minimum atomic E-state index is -1.92. The van der Waals surface area contributed by atoms with E-state index in [0.29, 0.717) is 13.0 Å². The van der Waals surface area contributed by atoms with E-state index in [4.69, 9.17) is 13.6 Å². The first kappa shape index (κ1) is 22.9. The van der Waals surface area contributed by atoms with Gasteiger partial charge in [-0.1, -0.05) is 48.5 Å². The van der Waals surface area contributed by atoms with Gasteiger partial charge in [-0.25, -0.2) is 0 Å². The second-order valence-corrected chi connectivity index (χ2v) is 20.1. The molecule has 1 rings (SSSR count). The molecule has 0 saturated carbocycles. The van der Waals surface area contributed by atoms with Crippen LogP contribution < -0.4 is 0 Å². The van der Waals surface area contributed by atoms with Gasteiger partial charge in [0.05, 0.1) is 19.1 Å². The highest BCUT2D eigenvalue weighted by Crippen LogP contribution is 2.40. The average molecular weight is 389 g/mol. The summed E-state index contributed by atoms with van der Waals surface area (Å²) in [6.07, 6.45) is 0.0601. The Labute approximate surface area is 157 Å². The van der Waals surface area contributed by atoms with Crippen LogP contribution >= 0.6 is 0 Å². The standard InChI is InChI=1S/C19H40O4Si2/c1-14-15(23-25(10,11)19(5,6)7)12-17(20)22-16(14)13-21-24(8,9)18(2,3)4/h14-16H,12-13H2,1-11H3/t14-,15-,16+/m1/s1. The Morgan fingerprint density at radius 2 is 1.48 bits per heavy atom. The largest absolute Gasteiger partial charge is 0.459 e. The quantitative estimate of drug-likeness (QED) is 0.470. The van der Waals surface area contributed by atoms with Crippen LogP contribution in [0.1, 0.15) is 54.9 Å². The number of cyclic esters (lactones) is 1. The van der Waals surface area contributed by atoms with Crippen molar-refractivity contribution >= 4 is 22.6 Å². The van der Waals surface area contributed by atoms with Gasteiger partial charge in [0.15, 0.2) is 16.6 Å². The molecule has 0 N–H and O–H groups in total. The zero-order chi connectivity index (χ0) is 19.8. The van der Waals surface area contributed by atoms with E-state index >= 15 is 0 Å². The van der Waals surface area contributed by atoms with Crippen molar-refractivity contribution in [3.05, 3.63) is 0 Å². The lowest BCUT2D eigenvalue weighted by Gasteiger charge is -2.44. The van der Waals surface area contributed by atoms with Crippen LogP contribution in [-0.2, 0) is 18.4 Å². The highest BCUT2D eigenvalue weighted by molar-refractivity contribution is 6.74. The second-order valence-electron chi connectivity index (χ2n) is 10.6. The van der Waals surface area contributed by atoms with E-state index in [1.165, 1.54) is 0 Å². The molecule has 4 nitrogen and oxygen atoms in total. The first-order valence-corrected chi connectivity index (χ1v) is 15.3. The van der Waals surface area contributed by atoms with Crippen molar-refractivity contribution in [2.45, 2.75) is 103 Å². The van der Waals surface area contributed by atoms with Crippen molar-refractivity contribution in [3.8, 4) is 0 Å². The molecule has 1 saturated heterocycles. The molecule has 0 amide bonds. The molecule has 6 heteroatoms. The first-order valence-electron chi connectivity index (χ1n) is 9.49. The molecule has 1 aliphatic heterocycles.